The summed E-state index contributed by atoms with van der Waals surface area (Å²) in [5, 5.41) is 9.80. The molecule has 0 aromatic heterocycles. The lowest BCUT2D eigenvalue weighted by Gasteiger charge is -2.19. The molecule has 0 radical (unpaired) electrons. The molecular formula is C43H85NO5S. The first kappa shape index (κ1) is 49.2. The second kappa shape index (κ2) is 39.4. The second-order valence-electron chi connectivity index (χ2n) is 15.0. The van der Waals surface area contributed by atoms with E-state index in [1.807, 2.05) is 18.7 Å². The van der Waals surface area contributed by atoms with Crippen LogP contribution in [0.4, 0.5) is 0 Å². The normalized spacial score (nSPS) is 12.2. The summed E-state index contributed by atoms with van der Waals surface area (Å²) in [5.41, 5.74) is 0. The molecule has 1 unspecified atom stereocenters. The SMILES string of the molecule is CCCCCCCCSCC(C)C(=O)OCCCCCN(CO)CCCCCCCC(=O)OC(CCCCCCCC)CCCCCCCC. The number of hydrogen-bond acceptors (Lipinski definition) is 7. The smallest absolute Gasteiger partial charge is 0.309 e. The van der Waals surface area contributed by atoms with Crippen molar-refractivity contribution in [2.75, 3.05) is 37.9 Å². The van der Waals surface area contributed by atoms with Crippen LogP contribution in [0.5, 0.6) is 0 Å². The summed E-state index contributed by atoms with van der Waals surface area (Å²) >= 11 is 1.88. The van der Waals surface area contributed by atoms with Crippen LogP contribution >= 0.6 is 11.8 Å². The number of rotatable bonds is 40. The van der Waals surface area contributed by atoms with Gasteiger partial charge in [0.05, 0.1) is 19.3 Å². The fourth-order valence-electron chi connectivity index (χ4n) is 6.44. The zero-order chi connectivity index (χ0) is 36.8. The van der Waals surface area contributed by atoms with Gasteiger partial charge in [-0.3, -0.25) is 14.5 Å². The molecule has 0 aliphatic rings. The number of nitrogens with zero attached hydrogens (tertiary/aromatic N) is 1. The fourth-order valence-corrected chi connectivity index (χ4v) is 7.51. The van der Waals surface area contributed by atoms with Crippen LogP contribution in [0.2, 0.25) is 0 Å². The van der Waals surface area contributed by atoms with Crippen LogP contribution in [0.25, 0.3) is 0 Å². The highest BCUT2D eigenvalue weighted by Gasteiger charge is 2.15. The number of carbonyl (C=O) groups is 2. The standard InChI is InChI=1S/C43H85NO5S/c1-5-8-11-14-18-24-31-41(32-25-19-15-12-9-6-2)49-42(46)33-26-20-17-21-27-34-44(39-45)35-28-23-29-36-48-43(47)40(4)38-50-37-30-22-16-13-10-7-3/h40-41,45H,5-39H2,1-4H3. The Kier molecular flexibility index (Phi) is 38.8. The van der Waals surface area contributed by atoms with Gasteiger partial charge in [0.25, 0.3) is 0 Å². The fraction of sp³-hybridized carbons (Fsp3) is 0.953. The van der Waals surface area contributed by atoms with E-state index in [-0.39, 0.29) is 30.7 Å². The number of aliphatic hydroxyl groups is 1. The molecule has 0 aliphatic carbocycles. The Hall–Kier alpha value is -0.790. The minimum atomic E-state index is -0.0643. The molecule has 0 saturated carbocycles. The molecule has 0 fully saturated rings. The van der Waals surface area contributed by atoms with E-state index in [0.717, 1.165) is 88.8 Å². The molecule has 0 aromatic carbocycles. The maximum atomic E-state index is 12.7. The lowest BCUT2D eigenvalue weighted by Crippen LogP contribution is -2.27. The van der Waals surface area contributed by atoms with Crippen molar-refractivity contribution in [1.82, 2.24) is 4.90 Å². The summed E-state index contributed by atoms with van der Waals surface area (Å²) in [5.74, 6) is 1.89. The average molecular weight is 728 g/mol. The Labute approximate surface area is 315 Å². The average Bonchev–Trinajstić information content (AvgIpc) is 3.11. The van der Waals surface area contributed by atoms with E-state index in [0.29, 0.717) is 13.0 Å². The van der Waals surface area contributed by atoms with E-state index in [2.05, 4.69) is 25.7 Å². The molecule has 0 rings (SSSR count). The Morgan fingerprint density at radius 2 is 1.06 bits per heavy atom. The number of aliphatic hydroxyl groups excluding tert-OH is 1. The summed E-state index contributed by atoms with van der Waals surface area (Å²) in [4.78, 5) is 27.1. The van der Waals surface area contributed by atoms with Crippen LogP contribution < -0.4 is 0 Å². The zero-order valence-corrected chi connectivity index (χ0v) is 34.7. The number of ether oxygens (including phenoxy) is 2. The van der Waals surface area contributed by atoms with Gasteiger partial charge >= 0.3 is 11.9 Å². The molecule has 1 N–H and O–H groups in total. The summed E-state index contributed by atoms with van der Waals surface area (Å²) in [7, 11) is 0. The van der Waals surface area contributed by atoms with Crippen molar-refractivity contribution < 1.29 is 24.2 Å². The highest BCUT2D eigenvalue weighted by molar-refractivity contribution is 7.99. The number of unbranched alkanes of at least 4 members (excludes halogenated alkanes) is 21. The van der Waals surface area contributed by atoms with Crippen LogP contribution in [0, 0.1) is 5.92 Å². The van der Waals surface area contributed by atoms with Gasteiger partial charge in [0, 0.05) is 25.3 Å². The Bertz CT molecular complexity index is 707. The van der Waals surface area contributed by atoms with Gasteiger partial charge < -0.3 is 14.6 Å². The van der Waals surface area contributed by atoms with E-state index in [1.165, 1.54) is 116 Å². The van der Waals surface area contributed by atoms with Crippen molar-refractivity contribution in [1.29, 1.82) is 0 Å². The largest absolute Gasteiger partial charge is 0.465 e. The van der Waals surface area contributed by atoms with Gasteiger partial charge in [-0.25, -0.2) is 0 Å². The van der Waals surface area contributed by atoms with E-state index in [4.69, 9.17) is 9.47 Å². The molecule has 298 valence electrons. The van der Waals surface area contributed by atoms with Crippen LogP contribution in [0.1, 0.15) is 214 Å². The Morgan fingerprint density at radius 1 is 0.600 bits per heavy atom. The minimum Gasteiger partial charge on any atom is -0.465 e. The molecule has 0 aliphatic heterocycles. The van der Waals surface area contributed by atoms with Gasteiger partial charge in [-0.05, 0) is 70.0 Å². The van der Waals surface area contributed by atoms with Crippen molar-refractivity contribution in [3.63, 3.8) is 0 Å². The molecule has 0 amide bonds. The molecule has 0 saturated heterocycles. The summed E-state index contributed by atoms with van der Waals surface area (Å²) in [6.45, 7) is 11.1. The highest BCUT2D eigenvalue weighted by Crippen LogP contribution is 2.19. The van der Waals surface area contributed by atoms with E-state index in [9.17, 15) is 14.7 Å². The van der Waals surface area contributed by atoms with Gasteiger partial charge in [0.2, 0.25) is 0 Å². The number of esters is 2. The third-order valence-corrected chi connectivity index (χ3v) is 11.2. The van der Waals surface area contributed by atoms with Crippen molar-refractivity contribution in [2.45, 2.75) is 220 Å². The van der Waals surface area contributed by atoms with Crippen LogP contribution in [-0.2, 0) is 19.1 Å². The summed E-state index contributed by atoms with van der Waals surface area (Å²) < 4.78 is 11.5. The Balaban J connectivity index is 3.93. The molecular weight excluding hydrogens is 643 g/mol. The van der Waals surface area contributed by atoms with E-state index in [1.54, 1.807) is 0 Å². The maximum absolute atomic E-state index is 12.7. The maximum Gasteiger partial charge on any atom is 0.309 e. The van der Waals surface area contributed by atoms with Gasteiger partial charge in [-0.1, -0.05) is 143 Å². The first-order chi connectivity index (χ1) is 24.5. The van der Waals surface area contributed by atoms with Crippen molar-refractivity contribution >= 4 is 23.7 Å². The monoisotopic (exact) mass is 728 g/mol. The molecule has 50 heavy (non-hydrogen) atoms. The molecule has 0 spiro atoms. The topological polar surface area (TPSA) is 76.1 Å². The molecule has 0 aromatic rings. The summed E-state index contributed by atoms with van der Waals surface area (Å²) in [6.07, 6.45) is 34.1. The summed E-state index contributed by atoms with van der Waals surface area (Å²) in [6, 6.07) is 0. The van der Waals surface area contributed by atoms with E-state index < -0.39 is 0 Å². The molecule has 0 heterocycles. The lowest BCUT2D eigenvalue weighted by atomic mass is 10.0. The molecule has 6 nitrogen and oxygen atoms in total. The van der Waals surface area contributed by atoms with Gasteiger partial charge in [-0.2, -0.15) is 11.8 Å². The molecule has 7 heteroatoms. The van der Waals surface area contributed by atoms with Gasteiger partial charge in [0.1, 0.15) is 6.10 Å². The zero-order valence-electron chi connectivity index (χ0n) is 33.8. The van der Waals surface area contributed by atoms with Crippen LogP contribution in [-0.4, -0.2) is 66.0 Å². The van der Waals surface area contributed by atoms with E-state index >= 15 is 0 Å². The third-order valence-electron chi connectivity index (χ3n) is 9.89. The second-order valence-corrected chi connectivity index (χ2v) is 16.1. The number of carbonyl (C=O) groups excluding carboxylic acids is 2. The minimum absolute atomic E-state index is 0.000467. The predicted octanol–water partition coefficient (Wildman–Crippen LogP) is 12.4. The third kappa shape index (κ3) is 34.3. The van der Waals surface area contributed by atoms with Crippen molar-refractivity contribution in [3.05, 3.63) is 0 Å². The van der Waals surface area contributed by atoms with Crippen molar-refractivity contribution in [3.8, 4) is 0 Å². The molecule has 0 bridgehead atoms. The van der Waals surface area contributed by atoms with Crippen molar-refractivity contribution in [2.24, 2.45) is 5.92 Å². The lowest BCUT2D eigenvalue weighted by molar-refractivity contribution is -0.150. The van der Waals surface area contributed by atoms with Gasteiger partial charge in [0.15, 0.2) is 0 Å². The first-order valence-corrected chi connectivity index (χ1v) is 22.9. The van der Waals surface area contributed by atoms with Crippen LogP contribution in [0.15, 0.2) is 0 Å². The predicted molar refractivity (Wildman–Crippen MR) is 217 cm³/mol. The number of thioether (sulfide) groups is 1. The molecule has 1 atom stereocenters. The highest BCUT2D eigenvalue weighted by atomic mass is 32.2. The van der Waals surface area contributed by atoms with Crippen LogP contribution in [0.3, 0.4) is 0 Å². The van der Waals surface area contributed by atoms with Gasteiger partial charge in [-0.15, -0.1) is 0 Å². The quantitative estimate of drug-likeness (QED) is 0.0382. The first-order valence-electron chi connectivity index (χ1n) is 21.7. The number of hydrogen-bond donors (Lipinski definition) is 1. The Morgan fingerprint density at radius 3 is 1.60 bits per heavy atom.